The van der Waals surface area contributed by atoms with Gasteiger partial charge >= 0.3 is 0 Å². The SMILES string of the molecule is N#C/C(=C\c1ccc(-c2ccccc2)s1)C(=O)Nc1c(Cl)cccc1Cl. The van der Waals surface area contributed by atoms with Crippen molar-refractivity contribution in [2.45, 2.75) is 0 Å². The summed E-state index contributed by atoms with van der Waals surface area (Å²) in [4.78, 5) is 14.3. The third-order valence-electron chi connectivity index (χ3n) is 3.54. The highest BCUT2D eigenvalue weighted by Gasteiger charge is 2.14. The quantitative estimate of drug-likeness (QED) is 0.415. The van der Waals surface area contributed by atoms with Gasteiger partial charge in [-0.2, -0.15) is 5.26 Å². The number of hydrogen-bond acceptors (Lipinski definition) is 3. The van der Waals surface area contributed by atoms with E-state index in [1.54, 1.807) is 24.3 Å². The smallest absolute Gasteiger partial charge is 0.266 e. The van der Waals surface area contributed by atoms with Crippen LogP contribution < -0.4 is 5.32 Å². The van der Waals surface area contributed by atoms with E-state index in [2.05, 4.69) is 5.32 Å². The van der Waals surface area contributed by atoms with Gasteiger partial charge in [-0.15, -0.1) is 11.3 Å². The van der Waals surface area contributed by atoms with Crippen LogP contribution in [0, 0.1) is 11.3 Å². The van der Waals surface area contributed by atoms with Crippen LogP contribution in [0.5, 0.6) is 0 Å². The Morgan fingerprint density at radius 1 is 1.00 bits per heavy atom. The Labute approximate surface area is 165 Å². The van der Waals surface area contributed by atoms with Crippen molar-refractivity contribution in [2.24, 2.45) is 0 Å². The molecule has 26 heavy (non-hydrogen) atoms. The number of benzene rings is 2. The molecule has 0 fully saturated rings. The zero-order chi connectivity index (χ0) is 18.5. The van der Waals surface area contributed by atoms with Gasteiger partial charge in [0.2, 0.25) is 0 Å². The fourth-order valence-corrected chi connectivity index (χ4v) is 3.73. The monoisotopic (exact) mass is 398 g/mol. The van der Waals surface area contributed by atoms with Crippen LogP contribution >= 0.6 is 34.5 Å². The second kappa shape index (κ2) is 8.20. The van der Waals surface area contributed by atoms with Gasteiger partial charge in [0.25, 0.3) is 5.91 Å². The van der Waals surface area contributed by atoms with Gasteiger partial charge in [-0.05, 0) is 35.9 Å². The number of anilines is 1. The first-order valence-corrected chi connectivity index (χ1v) is 9.18. The highest BCUT2D eigenvalue weighted by Crippen LogP contribution is 2.31. The minimum Gasteiger partial charge on any atom is -0.319 e. The highest BCUT2D eigenvalue weighted by molar-refractivity contribution is 7.16. The number of carbonyl (C=O) groups excluding carboxylic acids is 1. The maximum atomic E-state index is 12.4. The molecule has 3 aromatic rings. The van der Waals surface area contributed by atoms with E-state index in [4.69, 9.17) is 23.2 Å². The molecule has 0 saturated heterocycles. The van der Waals surface area contributed by atoms with Crippen LogP contribution in [0.15, 0.2) is 66.2 Å². The first kappa shape index (κ1) is 18.2. The molecule has 0 bridgehead atoms. The molecule has 0 saturated carbocycles. The lowest BCUT2D eigenvalue weighted by Crippen LogP contribution is -2.14. The van der Waals surface area contributed by atoms with Gasteiger partial charge in [-0.25, -0.2) is 0 Å². The summed E-state index contributed by atoms with van der Waals surface area (Å²) >= 11 is 13.6. The Kier molecular flexibility index (Phi) is 5.75. The van der Waals surface area contributed by atoms with E-state index in [-0.39, 0.29) is 11.3 Å². The zero-order valence-corrected chi connectivity index (χ0v) is 15.7. The molecule has 128 valence electrons. The molecule has 0 radical (unpaired) electrons. The number of hydrogen-bond donors (Lipinski definition) is 1. The van der Waals surface area contributed by atoms with Gasteiger partial charge in [0.05, 0.1) is 15.7 Å². The number of halogens is 2. The van der Waals surface area contributed by atoms with E-state index < -0.39 is 5.91 Å². The molecular weight excluding hydrogens is 387 g/mol. The third kappa shape index (κ3) is 4.14. The summed E-state index contributed by atoms with van der Waals surface area (Å²) in [5, 5.41) is 12.6. The summed E-state index contributed by atoms with van der Waals surface area (Å²) < 4.78 is 0. The van der Waals surface area contributed by atoms with E-state index in [0.717, 1.165) is 15.3 Å². The van der Waals surface area contributed by atoms with Crippen LogP contribution in [0.4, 0.5) is 5.69 Å². The van der Waals surface area contributed by atoms with Gasteiger partial charge in [-0.3, -0.25) is 4.79 Å². The van der Waals surface area contributed by atoms with Crippen molar-refractivity contribution in [1.29, 1.82) is 5.26 Å². The van der Waals surface area contributed by atoms with Crippen molar-refractivity contribution in [1.82, 2.24) is 0 Å². The number of thiophene rings is 1. The van der Waals surface area contributed by atoms with E-state index in [0.29, 0.717) is 10.0 Å². The van der Waals surface area contributed by atoms with Crippen LogP contribution in [0.25, 0.3) is 16.5 Å². The van der Waals surface area contributed by atoms with Gasteiger partial charge in [0.1, 0.15) is 11.6 Å². The lowest BCUT2D eigenvalue weighted by Gasteiger charge is -2.08. The van der Waals surface area contributed by atoms with E-state index >= 15 is 0 Å². The van der Waals surface area contributed by atoms with Crippen molar-refractivity contribution in [3.63, 3.8) is 0 Å². The van der Waals surface area contributed by atoms with Gasteiger partial charge in [0, 0.05) is 9.75 Å². The molecule has 3 nitrogen and oxygen atoms in total. The number of nitriles is 1. The van der Waals surface area contributed by atoms with Crippen molar-refractivity contribution in [2.75, 3.05) is 5.32 Å². The molecule has 1 N–H and O–H groups in total. The Morgan fingerprint density at radius 3 is 2.35 bits per heavy atom. The normalized spacial score (nSPS) is 11.0. The largest absolute Gasteiger partial charge is 0.319 e. The molecule has 1 aromatic heterocycles. The second-order valence-corrected chi connectivity index (χ2v) is 7.22. The summed E-state index contributed by atoms with van der Waals surface area (Å²) in [6, 6.07) is 20.6. The molecule has 6 heteroatoms. The molecule has 3 rings (SSSR count). The van der Waals surface area contributed by atoms with Crippen LogP contribution in [0.1, 0.15) is 4.88 Å². The number of carbonyl (C=O) groups is 1. The molecule has 2 aromatic carbocycles. The topological polar surface area (TPSA) is 52.9 Å². The van der Waals surface area contributed by atoms with Crippen molar-refractivity contribution in [3.05, 3.63) is 81.2 Å². The van der Waals surface area contributed by atoms with E-state index in [1.165, 1.54) is 11.3 Å². The van der Waals surface area contributed by atoms with E-state index in [1.807, 2.05) is 48.5 Å². The zero-order valence-electron chi connectivity index (χ0n) is 13.4. The molecule has 0 unspecified atom stereocenters. The summed E-state index contributed by atoms with van der Waals surface area (Å²) in [7, 11) is 0. The minimum absolute atomic E-state index is 0.0255. The predicted molar refractivity (Wildman–Crippen MR) is 108 cm³/mol. The number of rotatable bonds is 4. The van der Waals surface area contributed by atoms with Crippen molar-refractivity contribution < 1.29 is 4.79 Å². The second-order valence-electron chi connectivity index (χ2n) is 5.29. The van der Waals surface area contributed by atoms with Crippen molar-refractivity contribution >= 4 is 52.2 Å². The average Bonchev–Trinajstić information content (AvgIpc) is 3.12. The van der Waals surface area contributed by atoms with Gasteiger partial charge < -0.3 is 5.32 Å². The summed E-state index contributed by atoms with van der Waals surface area (Å²) in [5.41, 5.74) is 1.35. The Bertz CT molecular complexity index is 1000. The summed E-state index contributed by atoms with van der Waals surface area (Å²) in [6.07, 6.45) is 1.55. The Hall–Kier alpha value is -2.58. The van der Waals surface area contributed by atoms with Crippen LogP contribution in [0.3, 0.4) is 0 Å². The van der Waals surface area contributed by atoms with Crippen LogP contribution in [0.2, 0.25) is 10.0 Å². The molecule has 0 aliphatic heterocycles. The lowest BCUT2D eigenvalue weighted by atomic mass is 10.2. The molecular formula is C20H12Cl2N2OS. The molecule has 0 aliphatic rings. The first-order chi connectivity index (χ1) is 12.6. The number of para-hydroxylation sites is 1. The Balaban J connectivity index is 1.84. The van der Waals surface area contributed by atoms with Crippen LogP contribution in [-0.2, 0) is 4.79 Å². The third-order valence-corrected chi connectivity index (χ3v) is 5.25. The Morgan fingerprint density at radius 2 is 1.69 bits per heavy atom. The number of nitrogens with one attached hydrogen (secondary N) is 1. The highest BCUT2D eigenvalue weighted by atomic mass is 35.5. The van der Waals surface area contributed by atoms with Gasteiger partial charge in [0.15, 0.2) is 0 Å². The summed E-state index contributed by atoms with van der Waals surface area (Å²) in [6.45, 7) is 0. The molecule has 0 spiro atoms. The number of nitrogens with zero attached hydrogens (tertiary/aromatic N) is 1. The molecule has 1 amide bonds. The minimum atomic E-state index is -0.558. The maximum Gasteiger partial charge on any atom is 0.266 e. The summed E-state index contributed by atoms with van der Waals surface area (Å²) in [5.74, 6) is -0.558. The standard InChI is InChI=1S/C20H12Cl2N2OS/c21-16-7-4-8-17(22)19(16)24-20(25)14(12-23)11-15-9-10-18(26-15)13-5-2-1-3-6-13/h1-11H,(H,24,25)/b14-11+. The van der Waals surface area contributed by atoms with Crippen LogP contribution in [-0.4, -0.2) is 5.91 Å². The van der Waals surface area contributed by atoms with E-state index in [9.17, 15) is 10.1 Å². The molecule has 0 aliphatic carbocycles. The fraction of sp³-hybridized carbons (Fsp3) is 0. The average molecular weight is 399 g/mol. The molecule has 1 heterocycles. The fourth-order valence-electron chi connectivity index (χ4n) is 2.28. The van der Waals surface area contributed by atoms with Crippen molar-refractivity contribution in [3.8, 4) is 16.5 Å². The number of amides is 1. The lowest BCUT2D eigenvalue weighted by molar-refractivity contribution is -0.112. The van der Waals surface area contributed by atoms with Gasteiger partial charge in [-0.1, -0.05) is 59.6 Å². The molecule has 0 atom stereocenters. The maximum absolute atomic E-state index is 12.4. The predicted octanol–water partition coefficient (Wildman–Crippen LogP) is 6.27. The first-order valence-electron chi connectivity index (χ1n) is 7.61.